The maximum Gasteiger partial charge on any atom is 0.323 e. The molecular formula is C19H21NO3. The third-order valence-electron chi connectivity index (χ3n) is 3.99. The maximum absolute atomic E-state index is 12.1. The maximum atomic E-state index is 12.1. The molecule has 0 bridgehead atoms. The first-order chi connectivity index (χ1) is 11.3. The lowest BCUT2D eigenvalue weighted by molar-refractivity contribution is -0.153. The van der Waals surface area contributed by atoms with Gasteiger partial charge in [-0.1, -0.05) is 60.7 Å². The Morgan fingerprint density at radius 2 is 1.57 bits per heavy atom. The van der Waals surface area contributed by atoms with Crippen molar-refractivity contribution in [1.29, 1.82) is 0 Å². The lowest BCUT2D eigenvalue weighted by Gasteiger charge is -2.35. The molecule has 3 rings (SSSR count). The van der Waals surface area contributed by atoms with Crippen molar-refractivity contribution in [2.24, 2.45) is 5.92 Å². The topological polar surface area (TPSA) is 47.6 Å². The molecular weight excluding hydrogens is 290 g/mol. The fraction of sp³-hybridized carbons (Fsp3) is 0.316. The van der Waals surface area contributed by atoms with E-state index in [0.29, 0.717) is 19.8 Å². The van der Waals surface area contributed by atoms with Crippen molar-refractivity contribution in [2.75, 3.05) is 13.2 Å². The summed E-state index contributed by atoms with van der Waals surface area (Å²) < 4.78 is 11.1. The molecule has 0 amide bonds. The molecule has 0 saturated carbocycles. The van der Waals surface area contributed by atoms with Crippen molar-refractivity contribution in [2.45, 2.75) is 19.3 Å². The SMILES string of the molecule is O=C(OCc1ccccc1)C1NCC1COCc1ccccc1. The fourth-order valence-corrected chi connectivity index (χ4v) is 2.55. The predicted octanol–water partition coefficient (Wildman–Crippen LogP) is 2.53. The Hall–Kier alpha value is -2.17. The van der Waals surface area contributed by atoms with Crippen LogP contribution in [0.3, 0.4) is 0 Å². The average Bonchev–Trinajstić information content (AvgIpc) is 2.58. The van der Waals surface area contributed by atoms with E-state index in [0.717, 1.165) is 17.7 Å². The summed E-state index contributed by atoms with van der Waals surface area (Å²) in [5.41, 5.74) is 2.14. The third-order valence-corrected chi connectivity index (χ3v) is 3.99. The highest BCUT2D eigenvalue weighted by Crippen LogP contribution is 2.17. The second kappa shape index (κ2) is 7.90. The molecule has 1 aliphatic heterocycles. The van der Waals surface area contributed by atoms with Gasteiger partial charge in [0.1, 0.15) is 12.6 Å². The van der Waals surface area contributed by atoms with Crippen molar-refractivity contribution >= 4 is 5.97 Å². The van der Waals surface area contributed by atoms with Gasteiger partial charge < -0.3 is 14.8 Å². The van der Waals surface area contributed by atoms with Gasteiger partial charge in [0, 0.05) is 12.5 Å². The molecule has 0 radical (unpaired) electrons. The van der Waals surface area contributed by atoms with E-state index in [1.165, 1.54) is 0 Å². The molecule has 2 aromatic carbocycles. The van der Waals surface area contributed by atoms with Crippen molar-refractivity contribution in [3.05, 3.63) is 71.8 Å². The summed E-state index contributed by atoms with van der Waals surface area (Å²) in [5, 5.41) is 3.13. The highest BCUT2D eigenvalue weighted by Gasteiger charge is 2.37. The number of carbonyl (C=O) groups is 1. The first-order valence-corrected chi connectivity index (χ1v) is 7.88. The molecule has 4 nitrogen and oxygen atoms in total. The Bertz CT molecular complexity index is 615. The van der Waals surface area contributed by atoms with E-state index < -0.39 is 0 Å². The zero-order valence-electron chi connectivity index (χ0n) is 13.0. The number of ether oxygens (including phenoxy) is 2. The number of hydrogen-bond donors (Lipinski definition) is 1. The van der Waals surface area contributed by atoms with Gasteiger partial charge in [0.15, 0.2) is 0 Å². The van der Waals surface area contributed by atoms with Crippen LogP contribution >= 0.6 is 0 Å². The van der Waals surface area contributed by atoms with Gasteiger partial charge in [-0.05, 0) is 11.1 Å². The van der Waals surface area contributed by atoms with Gasteiger partial charge in [-0.2, -0.15) is 0 Å². The number of rotatable bonds is 7. The Morgan fingerprint density at radius 1 is 0.957 bits per heavy atom. The summed E-state index contributed by atoms with van der Waals surface area (Å²) in [6.07, 6.45) is 0. The molecule has 0 aliphatic carbocycles. The Kier molecular flexibility index (Phi) is 5.40. The monoisotopic (exact) mass is 311 g/mol. The molecule has 1 fully saturated rings. The van der Waals surface area contributed by atoms with Crippen LogP contribution in [0.2, 0.25) is 0 Å². The van der Waals surface area contributed by atoms with Gasteiger partial charge in [0.2, 0.25) is 0 Å². The molecule has 23 heavy (non-hydrogen) atoms. The molecule has 120 valence electrons. The van der Waals surface area contributed by atoms with E-state index >= 15 is 0 Å². The third kappa shape index (κ3) is 4.41. The lowest BCUT2D eigenvalue weighted by atomic mass is 9.92. The van der Waals surface area contributed by atoms with E-state index in [9.17, 15) is 4.79 Å². The predicted molar refractivity (Wildman–Crippen MR) is 87.6 cm³/mol. The molecule has 1 heterocycles. The van der Waals surface area contributed by atoms with E-state index in [4.69, 9.17) is 9.47 Å². The Labute approximate surface area is 136 Å². The smallest absolute Gasteiger partial charge is 0.323 e. The zero-order valence-corrected chi connectivity index (χ0v) is 13.0. The highest BCUT2D eigenvalue weighted by molar-refractivity contribution is 5.77. The molecule has 0 aromatic heterocycles. The van der Waals surface area contributed by atoms with Crippen LogP contribution < -0.4 is 5.32 Å². The number of nitrogens with one attached hydrogen (secondary N) is 1. The van der Waals surface area contributed by atoms with Crippen LogP contribution in [-0.2, 0) is 27.5 Å². The first-order valence-electron chi connectivity index (χ1n) is 7.88. The van der Waals surface area contributed by atoms with Gasteiger partial charge >= 0.3 is 5.97 Å². The Balaban J connectivity index is 1.39. The van der Waals surface area contributed by atoms with Crippen LogP contribution in [0.1, 0.15) is 11.1 Å². The molecule has 1 aliphatic rings. The number of hydrogen-bond acceptors (Lipinski definition) is 4. The number of esters is 1. The summed E-state index contributed by atoms with van der Waals surface area (Å²) >= 11 is 0. The summed E-state index contributed by atoms with van der Waals surface area (Å²) in [5.74, 6) is -0.0181. The van der Waals surface area contributed by atoms with Crippen molar-refractivity contribution < 1.29 is 14.3 Å². The van der Waals surface area contributed by atoms with Crippen LogP contribution in [-0.4, -0.2) is 25.2 Å². The van der Waals surface area contributed by atoms with Crippen molar-refractivity contribution in [3.63, 3.8) is 0 Å². The van der Waals surface area contributed by atoms with Gasteiger partial charge in [-0.3, -0.25) is 4.79 Å². The molecule has 1 N–H and O–H groups in total. The van der Waals surface area contributed by atoms with Gasteiger partial charge in [0.05, 0.1) is 13.2 Å². The second-order valence-corrected chi connectivity index (χ2v) is 5.74. The number of benzene rings is 2. The molecule has 2 unspecified atom stereocenters. The van der Waals surface area contributed by atoms with Crippen LogP contribution in [0.25, 0.3) is 0 Å². The summed E-state index contributed by atoms with van der Waals surface area (Å²) in [4.78, 5) is 12.1. The average molecular weight is 311 g/mol. The molecule has 0 spiro atoms. The summed E-state index contributed by atoms with van der Waals surface area (Å²) in [6, 6.07) is 19.5. The van der Waals surface area contributed by atoms with Crippen LogP contribution in [0.15, 0.2) is 60.7 Å². The van der Waals surface area contributed by atoms with Gasteiger partial charge in [-0.25, -0.2) is 0 Å². The van der Waals surface area contributed by atoms with E-state index in [2.05, 4.69) is 5.32 Å². The largest absolute Gasteiger partial charge is 0.460 e. The standard InChI is InChI=1S/C19H21NO3/c21-19(23-13-16-9-5-2-6-10-16)18-17(11-20-18)14-22-12-15-7-3-1-4-8-15/h1-10,17-18,20H,11-14H2. The minimum atomic E-state index is -0.255. The van der Waals surface area contributed by atoms with Crippen molar-refractivity contribution in [3.8, 4) is 0 Å². The molecule has 4 heteroatoms. The summed E-state index contributed by atoms with van der Waals surface area (Å²) in [7, 11) is 0. The van der Waals surface area contributed by atoms with Gasteiger partial charge in [0.25, 0.3) is 0 Å². The van der Waals surface area contributed by atoms with Gasteiger partial charge in [-0.15, -0.1) is 0 Å². The second-order valence-electron chi connectivity index (χ2n) is 5.74. The number of carbonyl (C=O) groups excluding carboxylic acids is 1. The van der Waals surface area contributed by atoms with E-state index in [1.54, 1.807) is 0 Å². The zero-order chi connectivity index (χ0) is 15.9. The fourth-order valence-electron chi connectivity index (χ4n) is 2.55. The molecule has 1 saturated heterocycles. The lowest BCUT2D eigenvalue weighted by Crippen LogP contribution is -2.59. The minimum absolute atomic E-state index is 0.182. The first kappa shape index (κ1) is 15.7. The van der Waals surface area contributed by atoms with Crippen LogP contribution in [0, 0.1) is 5.92 Å². The Morgan fingerprint density at radius 3 is 2.13 bits per heavy atom. The van der Waals surface area contributed by atoms with Crippen LogP contribution in [0.5, 0.6) is 0 Å². The normalized spacial score (nSPS) is 19.8. The molecule has 2 atom stereocenters. The van der Waals surface area contributed by atoms with Crippen LogP contribution in [0.4, 0.5) is 0 Å². The molecule has 2 aromatic rings. The van der Waals surface area contributed by atoms with E-state index in [-0.39, 0.29) is 17.9 Å². The summed E-state index contributed by atoms with van der Waals surface area (Å²) in [6.45, 7) is 2.24. The quantitative estimate of drug-likeness (QED) is 0.798. The van der Waals surface area contributed by atoms with E-state index in [1.807, 2.05) is 60.7 Å². The highest BCUT2D eigenvalue weighted by atomic mass is 16.5. The minimum Gasteiger partial charge on any atom is -0.460 e. The van der Waals surface area contributed by atoms with Crippen molar-refractivity contribution in [1.82, 2.24) is 5.32 Å².